The smallest absolute Gasteiger partial charge is 0.256 e. The average molecular weight is 446 g/mol. The van der Waals surface area contributed by atoms with Crippen LogP contribution in [0.15, 0.2) is 42.6 Å². The SMILES string of the molecule is Fc1cc(-c2cc3ncccc3c(I)n2)ccc1CCC(F)(F)F. The Morgan fingerprint density at radius 3 is 2.58 bits per heavy atom. The molecule has 0 aliphatic carbocycles. The highest BCUT2D eigenvalue weighted by Crippen LogP contribution is 2.28. The van der Waals surface area contributed by atoms with Crippen LogP contribution >= 0.6 is 22.6 Å². The van der Waals surface area contributed by atoms with Gasteiger partial charge in [0.05, 0.1) is 11.2 Å². The van der Waals surface area contributed by atoms with Gasteiger partial charge in [-0.05, 0) is 58.8 Å². The van der Waals surface area contributed by atoms with E-state index in [1.807, 2.05) is 6.07 Å². The molecule has 3 rings (SSSR count). The van der Waals surface area contributed by atoms with Crippen molar-refractivity contribution in [1.82, 2.24) is 9.97 Å². The van der Waals surface area contributed by atoms with Crippen molar-refractivity contribution in [1.29, 1.82) is 0 Å². The lowest BCUT2D eigenvalue weighted by Crippen LogP contribution is -2.09. The Balaban J connectivity index is 1.94. The Morgan fingerprint density at radius 1 is 1.08 bits per heavy atom. The summed E-state index contributed by atoms with van der Waals surface area (Å²) in [6.07, 6.45) is -4.06. The van der Waals surface area contributed by atoms with Crippen LogP contribution in [0.5, 0.6) is 0 Å². The van der Waals surface area contributed by atoms with Gasteiger partial charge < -0.3 is 0 Å². The standard InChI is InChI=1S/C17H11F4IN2/c18-13-8-11(4-3-10(13)5-6-17(19,20)21)14-9-15-12(16(22)24-14)2-1-7-23-15/h1-4,7-9H,5-6H2. The summed E-state index contributed by atoms with van der Waals surface area (Å²) in [5.74, 6) is -0.658. The van der Waals surface area contributed by atoms with Crippen LogP contribution in [0.3, 0.4) is 0 Å². The minimum absolute atomic E-state index is 0.0460. The van der Waals surface area contributed by atoms with Crippen molar-refractivity contribution >= 4 is 33.5 Å². The maximum Gasteiger partial charge on any atom is 0.389 e. The molecule has 0 unspecified atom stereocenters. The molecule has 0 bridgehead atoms. The van der Waals surface area contributed by atoms with Crippen molar-refractivity contribution in [2.24, 2.45) is 0 Å². The van der Waals surface area contributed by atoms with E-state index >= 15 is 0 Å². The molecular weight excluding hydrogens is 435 g/mol. The molecule has 0 fully saturated rings. The topological polar surface area (TPSA) is 25.8 Å². The zero-order valence-corrected chi connectivity index (χ0v) is 14.4. The second-order valence-corrected chi connectivity index (χ2v) is 6.31. The Bertz CT molecular complexity index is 893. The fourth-order valence-electron chi connectivity index (χ4n) is 2.37. The maximum absolute atomic E-state index is 14.1. The van der Waals surface area contributed by atoms with Crippen LogP contribution in [0.2, 0.25) is 0 Å². The van der Waals surface area contributed by atoms with Crippen molar-refractivity contribution in [2.75, 3.05) is 0 Å². The highest BCUT2D eigenvalue weighted by molar-refractivity contribution is 14.1. The Kier molecular flexibility index (Phi) is 4.71. The van der Waals surface area contributed by atoms with E-state index in [2.05, 4.69) is 32.6 Å². The van der Waals surface area contributed by atoms with Gasteiger partial charge in [0, 0.05) is 23.6 Å². The molecule has 1 aromatic carbocycles. The van der Waals surface area contributed by atoms with Gasteiger partial charge >= 0.3 is 6.18 Å². The highest BCUT2D eigenvalue weighted by atomic mass is 127. The summed E-state index contributed by atoms with van der Waals surface area (Å²) in [5.41, 5.74) is 1.82. The lowest BCUT2D eigenvalue weighted by Gasteiger charge is -2.09. The lowest BCUT2D eigenvalue weighted by molar-refractivity contribution is -0.134. The maximum atomic E-state index is 14.1. The molecule has 0 atom stereocenters. The van der Waals surface area contributed by atoms with Crippen molar-refractivity contribution < 1.29 is 17.6 Å². The summed E-state index contributed by atoms with van der Waals surface area (Å²) >= 11 is 2.08. The molecule has 7 heteroatoms. The normalized spacial score (nSPS) is 11.9. The predicted octanol–water partition coefficient (Wildman–Crippen LogP) is 5.54. The second kappa shape index (κ2) is 6.62. The van der Waals surface area contributed by atoms with Gasteiger partial charge in [0.2, 0.25) is 0 Å². The lowest BCUT2D eigenvalue weighted by atomic mass is 10.0. The third-order valence-corrected chi connectivity index (χ3v) is 4.40. The van der Waals surface area contributed by atoms with Crippen LogP contribution in [-0.4, -0.2) is 16.1 Å². The zero-order chi connectivity index (χ0) is 17.3. The molecule has 2 aromatic heterocycles. The number of hydrogen-bond donors (Lipinski definition) is 0. The second-order valence-electron chi connectivity index (χ2n) is 5.29. The number of pyridine rings is 2. The van der Waals surface area contributed by atoms with Crippen LogP contribution in [0.1, 0.15) is 12.0 Å². The molecule has 3 aromatic rings. The molecule has 2 nitrogen and oxygen atoms in total. The molecule has 2 heterocycles. The number of halogens is 5. The number of hydrogen-bond acceptors (Lipinski definition) is 2. The number of alkyl halides is 3. The molecule has 0 N–H and O–H groups in total. The van der Waals surface area contributed by atoms with Gasteiger partial charge in [-0.1, -0.05) is 12.1 Å². The highest BCUT2D eigenvalue weighted by Gasteiger charge is 2.27. The number of nitrogens with zero attached hydrogens (tertiary/aromatic N) is 2. The number of fused-ring (bicyclic) bond motifs is 1. The summed E-state index contributed by atoms with van der Waals surface area (Å²) in [6, 6.07) is 9.62. The first-order valence-corrected chi connectivity index (χ1v) is 8.18. The Morgan fingerprint density at radius 2 is 1.88 bits per heavy atom. The minimum atomic E-state index is -4.30. The van der Waals surface area contributed by atoms with E-state index in [1.54, 1.807) is 24.4 Å². The quantitative estimate of drug-likeness (QED) is 0.300. The third-order valence-electron chi connectivity index (χ3n) is 3.58. The number of aromatic nitrogens is 2. The van der Waals surface area contributed by atoms with E-state index in [0.717, 1.165) is 14.6 Å². The average Bonchev–Trinajstić information content (AvgIpc) is 2.53. The van der Waals surface area contributed by atoms with Crippen LogP contribution in [0.25, 0.3) is 22.2 Å². The van der Waals surface area contributed by atoms with Crippen molar-refractivity contribution in [2.45, 2.75) is 19.0 Å². The molecule has 124 valence electrons. The van der Waals surface area contributed by atoms with E-state index in [1.165, 1.54) is 12.1 Å². The molecule has 0 amide bonds. The van der Waals surface area contributed by atoms with Crippen LogP contribution in [0.4, 0.5) is 17.6 Å². The van der Waals surface area contributed by atoms with Gasteiger partial charge in [-0.25, -0.2) is 9.37 Å². The summed E-state index contributed by atoms with van der Waals surface area (Å²) in [7, 11) is 0. The van der Waals surface area contributed by atoms with E-state index in [0.29, 0.717) is 11.3 Å². The molecule has 0 spiro atoms. The zero-order valence-electron chi connectivity index (χ0n) is 12.2. The molecule has 0 saturated heterocycles. The summed E-state index contributed by atoms with van der Waals surface area (Å²) < 4.78 is 51.7. The van der Waals surface area contributed by atoms with Crippen molar-refractivity contribution in [3.05, 3.63) is 57.7 Å². The first-order chi connectivity index (χ1) is 11.3. The predicted molar refractivity (Wildman–Crippen MR) is 92.0 cm³/mol. The van der Waals surface area contributed by atoms with Gasteiger partial charge in [-0.3, -0.25) is 4.98 Å². The van der Waals surface area contributed by atoms with Crippen LogP contribution < -0.4 is 0 Å². The number of rotatable bonds is 3. The van der Waals surface area contributed by atoms with Crippen LogP contribution in [-0.2, 0) is 6.42 Å². The summed E-state index contributed by atoms with van der Waals surface area (Å²) in [4.78, 5) is 8.69. The van der Waals surface area contributed by atoms with Gasteiger partial charge in [-0.15, -0.1) is 0 Å². The van der Waals surface area contributed by atoms with Gasteiger partial charge in [0.1, 0.15) is 9.52 Å². The van der Waals surface area contributed by atoms with E-state index in [9.17, 15) is 17.6 Å². The third kappa shape index (κ3) is 3.82. The Hall–Kier alpha value is -1.77. The monoisotopic (exact) mass is 446 g/mol. The van der Waals surface area contributed by atoms with Gasteiger partial charge in [-0.2, -0.15) is 13.2 Å². The largest absolute Gasteiger partial charge is 0.389 e. The summed E-state index contributed by atoms with van der Waals surface area (Å²) in [5, 5.41) is 0.893. The molecule has 0 radical (unpaired) electrons. The van der Waals surface area contributed by atoms with Crippen molar-refractivity contribution in [3.8, 4) is 11.3 Å². The van der Waals surface area contributed by atoms with Crippen molar-refractivity contribution in [3.63, 3.8) is 0 Å². The van der Waals surface area contributed by atoms with E-state index in [-0.39, 0.29) is 12.0 Å². The molecule has 0 aliphatic rings. The minimum Gasteiger partial charge on any atom is -0.256 e. The summed E-state index contributed by atoms with van der Waals surface area (Å²) in [6.45, 7) is 0. The van der Waals surface area contributed by atoms with Crippen LogP contribution in [0, 0.1) is 9.52 Å². The molecule has 0 aliphatic heterocycles. The first kappa shape index (κ1) is 17.1. The molecule has 0 saturated carbocycles. The number of benzene rings is 1. The number of aryl methyl sites for hydroxylation is 1. The first-order valence-electron chi connectivity index (χ1n) is 7.10. The fourth-order valence-corrected chi connectivity index (χ4v) is 3.08. The molecule has 24 heavy (non-hydrogen) atoms. The Labute approximate surface area is 149 Å². The fraction of sp³-hybridized carbons (Fsp3) is 0.176. The van der Waals surface area contributed by atoms with Gasteiger partial charge in [0.25, 0.3) is 0 Å². The van der Waals surface area contributed by atoms with E-state index < -0.39 is 18.4 Å². The van der Waals surface area contributed by atoms with Gasteiger partial charge in [0.15, 0.2) is 0 Å². The van der Waals surface area contributed by atoms with E-state index in [4.69, 9.17) is 0 Å². The molecular formula is C17H11F4IN2.